The van der Waals surface area contributed by atoms with E-state index >= 15 is 0 Å². The van der Waals surface area contributed by atoms with Crippen LogP contribution in [-0.4, -0.2) is 87.4 Å². The summed E-state index contributed by atoms with van der Waals surface area (Å²) in [5, 5.41) is 9.74. The van der Waals surface area contributed by atoms with Crippen molar-refractivity contribution in [3.8, 4) is 0 Å². The Balaban J connectivity index is 4.21. The molecule has 0 rings (SSSR count). The van der Waals surface area contributed by atoms with Gasteiger partial charge >= 0.3 is 17.9 Å². The largest absolute Gasteiger partial charge is 0.477 e. The van der Waals surface area contributed by atoms with E-state index in [-0.39, 0.29) is 32.2 Å². The number of esters is 2. The van der Waals surface area contributed by atoms with Gasteiger partial charge in [-0.25, -0.2) is 4.79 Å². The molecule has 0 aliphatic heterocycles. The second kappa shape index (κ2) is 62.0. The van der Waals surface area contributed by atoms with Gasteiger partial charge in [-0.15, -0.1) is 0 Å². The number of likely N-dealkylation sites (N-methyl/N-ethyl adjacent to an activating group) is 1. The molecule has 0 heterocycles. The molecule has 0 aromatic carbocycles. The summed E-state index contributed by atoms with van der Waals surface area (Å²) in [5.41, 5.74) is 0. The first-order chi connectivity index (χ1) is 39.6. The van der Waals surface area contributed by atoms with Crippen molar-refractivity contribution in [3.05, 3.63) is 109 Å². The van der Waals surface area contributed by atoms with Gasteiger partial charge in [-0.2, -0.15) is 0 Å². The summed E-state index contributed by atoms with van der Waals surface area (Å²) in [6.45, 7) is 4.76. The molecule has 0 aromatic rings. The van der Waals surface area contributed by atoms with Crippen LogP contribution in [0, 0.1) is 0 Å². The minimum Gasteiger partial charge on any atom is -0.477 e. The minimum absolute atomic E-state index is 0.182. The Hall–Kier alpha value is -4.05. The van der Waals surface area contributed by atoms with Crippen molar-refractivity contribution in [1.29, 1.82) is 0 Å². The third-order valence-electron chi connectivity index (χ3n) is 14.0. The van der Waals surface area contributed by atoms with E-state index in [0.717, 1.165) is 96.3 Å². The molecule has 9 heteroatoms. The van der Waals surface area contributed by atoms with Gasteiger partial charge in [0.2, 0.25) is 0 Å². The number of ether oxygens (including phenoxy) is 4. The lowest BCUT2D eigenvalue weighted by Crippen LogP contribution is -2.40. The Morgan fingerprint density at radius 2 is 0.704 bits per heavy atom. The number of nitrogens with zero attached hydrogens (tertiary/aromatic N) is 1. The van der Waals surface area contributed by atoms with Gasteiger partial charge in [-0.1, -0.05) is 264 Å². The predicted octanol–water partition coefficient (Wildman–Crippen LogP) is 20.2. The number of rotatable bonds is 60. The van der Waals surface area contributed by atoms with Gasteiger partial charge in [0.25, 0.3) is 6.29 Å². The van der Waals surface area contributed by atoms with E-state index in [0.29, 0.717) is 23.9 Å². The van der Waals surface area contributed by atoms with Gasteiger partial charge in [0, 0.05) is 12.8 Å². The Morgan fingerprint density at radius 1 is 0.383 bits per heavy atom. The SMILES string of the molecule is CC/C=C\C/C=C\C/C=C\C/C=C\C/C=C\C/C=C\C/C=C\CCCCCCCCCCCC(=O)OC(COC(=O)CCCCCCCCCCCCCCC/C=C\C/C=C\CCCCCCC)COC(OCC[N+](C)(C)C)C(=O)O. The lowest BCUT2D eigenvalue weighted by Gasteiger charge is -2.25. The van der Waals surface area contributed by atoms with E-state index in [2.05, 4.69) is 123 Å². The molecule has 0 amide bonds. The topological polar surface area (TPSA) is 108 Å². The van der Waals surface area contributed by atoms with Crippen molar-refractivity contribution in [2.75, 3.05) is 47.5 Å². The summed E-state index contributed by atoms with van der Waals surface area (Å²) >= 11 is 0. The van der Waals surface area contributed by atoms with Crippen LogP contribution in [0.4, 0.5) is 0 Å². The molecule has 464 valence electrons. The van der Waals surface area contributed by atoms with E-state index in [9.17, 15) is 19.5 Å². The van der Waals surface area contributed by atoms with E-state index < -0.39 is 24.3 Å². The molecule has 0 aliphatic rings. The minimum atomic E-state index is -1.52. The van der Waals surface area contributed by atoms with Crippen molar-refractivity contribution < 1.29 is 42.9 Å². The highest BCUT2D eigenvalue weighted by atomic mass is 16.7. The number of allylic oxidation sites excluding steroid dienone is 18. The lowest BCUT2D eigenvalue weighted by atomic mass is 10.0. The highest BCUT2D eigenvalue weighted by Gasteiger charge is 2.25. The molecule has 2 unspecified atom stereocenters. The molecule has 0 aliphatic carbocycles. The molecule has 9 nitrogen and oxygen atoms in total. The zero-order valence-corrected chi connectivity index (χ0v) is 52.9. The Labute approximate surface area is 498 Å². The number of unbranched alkanes of at least 4 members (excludes halogenated alkanes) is 27. The fraction of sp³-hybridized carbons (Fsp3) is 0.708. The van der Waals surface area contributed by atoms with Crippen molar-refractivity contribution in [2.24, 2.45) is 0 Å². The molecule has 0 saturated heterocycles. The first-order valence-electron chi connectivity index (χ1n) is 33.1. The van der Waals surface area contributed by atoms with Crippen molar-refractivity contribution in [2.45, 2.75) is 283 Å². The fourth-order valence-electron chi connectivity index (χ4n) is 8.97. The predicted molar refractivity (Wildman–Crippen MR) is 345 cm³/mol. The molecular weight excluding hydrogens is 1010 g/mol. The number of hydrogen-bond donors (Lipinski definition) is 1. The molecule has 0 bridgehead atoms. The maximum Gasteiger partial charge on any atom is 0.361 e. The summed E-state index contributed by atoms with van der Waals surface area (Å²) in [7, 11) is 5.97. The number of hydrogen-bond acceptors (Lipinski definition) is 7. The summed E-state index contributed by atoms with van der Waals surface area (Å²) in [4.78, 5) is 37.6. The standard InChI is InChI=1S/C72H123NO8/c1-6-8-10-12-14-16-18-20-22-24-26-28-30-32-33-34-35-36-37-39-41-43-45-47-49-51-53-55-57-59-61-63-70(75)81-68(67-80-72(71(76)77)78-65-64-73(3,4)5)66-79-69(74)62-60-58-56-54-52-50-48-46-44-42-40-38-31-29-27-25-23-21-19-17-15-13-11-9-7-2/h8,10,14,16,19-22,25-28,32-33,35-36,39,41,68,72H,6-7,9,11-13,15,17-18,23-24,29-31,34,37-38,40,42-67H2,1-5H3/p+1/b10-8-,16-14-,21-19-,22-20-,27-25-,28-26-,33-32-,36-35-,41-39-. The monoisotopic (exact) mass is 1130 g/mol. The van der Waals surface area contributed by atoms with Gasteiger partial charge in [0.15, 0.2) is 6.10 Å². The Kier molecular flexibility index (Phi) is 58.9. The average Bonchev–Trinajstić information content (AvgIpc) is 3.44. The molecule has 0 fully saturated rings. The summed E-state index contributed by atoms with van der Waals surface area (Å²) < 4.78 is 22.9. The summed E-state index contributed by atoms with van der Waals surface area (Å²) in [5.74, 6) is -2.01. The van der Waals surface area contributed by atoms with E-state index in [4.69, 9.17) is 18.9 Å². The molecule has 0 aromatic heterocycles. The highest BCUT2D eigenvalue weighted by Crippen LogP contribution is 2.16. The second-order valence-corrected chi connectivity index (χ2v) is 23.0. The molecule has 2 atom stereocenters. The van der Waals surface area contributed by atoms with Crippen LogP contribution in [0.15, 0.2) is 109 Å². The quantitative estimate of drug-likeness (QED) is 0.0211. The molecular formula is C72H124NO8+. The molecule has 0 saturated carbocycles. The van der Waals surface area contributed by atoms with Crippen molar-refractivity contribution in [1.82, 2.24) is 0 Å². The molecule has 81 heavy (non-hydrogen) atoms. The average molecular weight is 1130 g/mol. The van der Waals surface area contributed by atoms with Crippen LogP contribution in [0.2, 0.25) is 0 Å². The number of quaternary nitrogens is 1. The van der Waals surface area contributed by atoms with Crippen LogP contribution >= 0.6 is 0 Å². The summed E-state index contributed by atoms with van der Waals surface area (Å²) in [6, 6.07) is 0. The van der Waals surface area contributed by atoms with E-state index in [1.165, 1.54) is 141 Å². The van der Waals surface area contributed by atoms with Gasteiger partial charge in [-0.3, -0.25) is 9.59 Å². The molecule has 0 spiro atoms. The maximum atomic E-state index is 12.9. The third-order valence-corrected chi connectivity index (χ3v) is 14.0. The van der Waals surface area contributed by atoms with E-state index in [1.807, 2.05) is 21.1 Å². The van der Waals surface area contributed by atoms with Crippen LogP contribution < -0.4 is 0 Å². The van der Waals surface area contributed by atoms with Crippen LogP contribution in [0.3, 0.4) is 0 Å². The second-order valence-electron chi connectivity index (χ2n) is 23.0. The first-order valence-corrected chi connectivity index (χ1v) is 33.1. The Morgan fingerprint density at radius 3 is 1.05 bits per heavy atom. The van der Waals surface area contributed by atoms with Crippen LogP contribution in [0.5, 0.6) is 0 Å². The van der Waals surface area contributed by atoms with Crippen LogP contribution in [0.25, 0.3) is 0 Å². The highest BCUT2D eigenvalue weighted by molar-refractivity contribution is 5.71. The number of carbonyl (C=O) groups is 3. The van der Waals surface area contributed by atoms with Gasteiger partial charge in [-0.05, 0) is 103 Å². The number of carboxylic acids is 1. The van der Waals surface area contributed by atoms with Crippen molar-refractivity contribution in [3.63, 3.8) is 0 Å². The smallest absolute Gasteiger partial charge is 0.361 e. The van der Waals surface area contributed by atoms with Gasteiger partial charge < -0.3 is 28.5 Å². The van der Waals surface area contributed by atoms with Gasteiger partial charge in [0.1, 0.15) is 13.2 Å². The number of aliphatic carboxylic acids is 1. The van der Waals surface area contributed by atoms with Crippen molar-refractivity contribution >= 4 is 17.9 Å². The normalized spacial score (nSPS) is 13.4. The number of carboxylic acid groups (broad SMARTS) is 1. The first kappa shape index (κ1) is 77.0. The fourth-order valence-corrected chi connectivity index (χ4v) is 8.97. The molecule has 0 radical (unpaired) electrons. The third kappa shape index (κ3) is 63.4. The maximum absolute atomic E-state index is 12.9. The summed E-state index contributed by atoms with van der Waals surface area (Å²) in [6.07, 6.45) is 83.2. The number of carbonyl (C=O) groups excluding carboxylic acids is 2. The van der Waals surface area contributed by atoms with Crippen LogP contribution in [0.1, 0.15) is 271 Å². The van der Waals surface area contributed by atoms with Gasteiger partial charge in [0.05, 0.1) is 34.4 Å². The van der Waals surface area contributed by atoms with Crippen LogP contribution in [-0.2, 0) is 33.3 Å². The van der Waals surface area contributed by atoms with E-state index in [1.54, 1.807) is 0 Å². The molecule has 1 N–H and O–H groups in total. The lowest BCUT2D eigenvalue weighted by molar-refractivity contribution is -0.870. The zero-order chi connectivity index (χ0) is 59.1. The Bertz CT molecular complexity index is 1700. The zero-order valence-electron chi connectivity index (χ0n) is 52.9.